The van der Waals surface area contributed by atoms with E-state index in [1.54, 1.807) is 12.1 Å². The van der Waals surface area contributed by atoms with Crippen LogP contribution in [0.15, 0.2) is 30.3 Å². The number of nitrogens with one attached hydrogen (secondary N) is 1. The van der Waals surface area contributed by atoms with Crippen LogP contribution in [0.4, 0.5) is 16.2 Å². The number of ether oxygens (including phenoxy) is 4. The van der Waals surface area contributed by atoms with Gasteiger partial charge >= 0.3 is 6.09 Å². The number of cyclic esters (lactones) is 1. The van der Waals surface area contributed by atoms with Crippen molar-refractivity contribution in [1.29, 1.82) is 0 Å². The van der Waals surface area contributed by atoms with Crippen molar-refractivity contribution in [2.75, 3.05) is 26.1 Å². The largest absolute Gasteiger partial charge is 0.494 e. The molecule has 0 aliphatic carbocycles. The van der Waals surface area contributed by atoms with Gasteiger partial charge in [-0.2, -0.15) is 4.28 Å². The van der Waals surface area contributed by atoms with E-state index < -0.39 is 11.7 Å². The average molecular weight is 518 g/mol. The summed E-state index contributed by atoms with van der Waals surface area (Å²) in [5.74, 6) is 1.36. The van der Waals surface area contributed by atoms with Gasteiger partial charge in [-0.15, -0.1) is 0 Å². The summed E-state index contributed by atoms with van der Waals surface area (Å²) in [6, 6.07) is 9.02. The van der Waals surface area contributed by atoms with Crippen LogP contribution in [0.2, 0.25) is 0 Å². The van der Waals surface area contributed by atoms with Gasteiger partial charge in [-0.1, -0.05) is 0 Å². The predicted octanol–water partition coefficient (Wildman–Crippen LogP) is 5.83. The monoisotopic (exact) mass is 517 g/mol. The zero-order chi connectivity index (χ0) is 26.3. The van der Waals surface area contributed by atoms with Crippen LogP contribution in [0.1, 0.15) is 62.4 Å². The van der Waals surface area contributed by atoms with Gasteiger partial charge in [-0.05, 0) is 64.3 Å². The molecule has 0 atom stereocenters. The molecule has 0 aromatic heterocycles. The predicted molar refractivity (Wildman–Crippen MR) is 139 cm³/mol. The number of hydrogen-bond acceptors (Lipinski definition) is 8. The molecule has 0 unspecified atom stereocenters. The first kappa shape index (κ1) is 27.2. The zero-order valence-electron chi connectivity index (χ0n) is 21.3. The van der Waals surface area contributed by atoms with Crippen LogP contribution in [0.5, 0.6) is 17.2 Å². The number of amides is 1. The summed E-state index contributed by atoms with van der Waals surface area (Å²) in [6.07, 6.45) is 4.76. The molecular weight excluding hydrogens is 484 g/mol. The number of nitrogens with zero attached hydrogens (tertiary/aromatic N) is 1. The van der Waals surface area contributed by atoms with Crippen LogP contribution in [-0.4, -0.2) is 43.7 Å². The van der Waals surface area contributed by atoms with Crippen molar-refractivity contribution in [1.82, 2.24) is 0 Å². The minimum Gasteiger partial charge on any atom is -0.494 e. The molecule has 2 aromatic rings. The molecule has 1 amide bonds. The van der Waals surface area contributed by atoms with Crippen LogP contribution >= 0.6 is 12.9 Å². The van der Waals surface area contributed by atoms with Gasteiger partial charge in [0.1, 0.15) is 29.8 Å². The lowest BCUT2D eigenvalue weighted by atomic mass is 9.94. The Balaban J connectivity index is 1.54. The minimum atomic E-state index is -0.718. The molecule has 3 rings (SSSR count). The van der Waals surface area contributed by atoms with Gasteiger partial charge in [0.25, 0.3) is 5.69 Å². The lowest BCUT2D eigenvalue weighted by Gasteiger charge is -2.32. The fourth-order valence-electron chi connectivity index (χ4n) is 4.08. The molecule has 9 nitrogen and oxygen atoms in total. The van der Waals surface area contributed by atoms with Crippen LogP contribution in [-0.2, 0) is 14.6 Å². The zero-order valence-corrected chi connectivity index (χ0v) is 22.1. The summed E-state index contributed by atoms with van der Waals surface area (Å²) >= 11 is 3.96. The maximum atomic E-state index is 12.3. The quantitative estimate of drug-likeness (QED) is 0.0695. The maximum Gasteiger partial charge on any atom is 0.412 e. The molecule has 1 aliphatic rings. The van der Waals surface area contributed by atoms with Crippen LogP contribution < -0.4 is 19.5 Å². The first-order valence-electron chi connectivity index (χ1n) is 11.7. The Morgan fingerprint density at radius 3 is 2.58 bits per heavy atom. The van der Waals surface area contributed by atoms with E-state index >= 15 is 0 Å². The van der Waals surface area contributed by atoms with E-state index in [0.717, 1.165) is 36.3 Å². The number of rotatable bonds is 12. The Labute approximate surface area is 216 Å². The van der Waals surface area contributed by atoms with E-state index in [1.807, 2.05) is 38.3 Å². The number of Topliss-reactive ketones (excluding diaryl/α,β-unsaturated/α-hetero) is 1. The number of carbonyl (C=O) groups is 2. The molecule has 36 heavy (non-hydrogen) atoms. The number of ketones is 1. The summed E-state index contributed by atoms with van der Waals surface area (Å²) in [5.41, 5.74) is 1.77. The molecule has 1 N–H and O–H groups in total. The van der Waals surface area contributed by atoms with Crippen molar-refractivity contribution >= 4 is 42.4 Å². The lowest BCUT2D eigenvalue weighted by Crippen LogP contribution is -2.34. The minimum absolute atomic E-state index is 0.179. The smallest absolute Gasteiger partial charge is 0.412 e. The fourth-order valence-corrected chi connectivity index (χ4v) is 4.23. The highest BCUT2D eigenvalue weighted by Crippen LogP contribution is 2.39. The molecular formula is C26H33N2O7S+. The van der Waals surface area contributed by atoms with E-state index in [-0.39, 0.29) is 5.78 Å². The molecule has 0 fully saturated rings. The number of hydrogen-bond donors (Lipinski definition) is 2. The number of thiol groups is 1. The highest BCUT2D eigenvalue weighted by atomic mass is 32.1. The summed E-state index contributed by atoms with van der Waals surface area (Å²) in [5, 5.41) is 2.71. The topological polar surface area (TPSA) is 95.3 Å². The summed E-state index contributed by atoms with van der Waals surface area (Å²) < 4.78 is 28.7. The van der Waals surface area contributed by atoms with Crippen LogP contribution in [0, 0.1) is 0 Å². The lowest BCUT2D eigenvalue weighted by molar-refractivity contribution is -0.672. The summed E-state index contributed by atoms with van der Waals surface area (Å²) in [4.78, 5) is 24.0. The second-order valence-corrected chi connectivity index (χ2v) is 8.93. The van der Waals surface area contributed by atoms with Crippen molar-refractivity contribution in [3.8, 4) is 17.2 Å². The molecule has 0 spiro atoms. The van der Waals surface area contributed by atoms with Crippen molar-refractivity contribution in [2.24, 2.45) is 0 Å². The molecule has 1 aliphatic heterocycles. The van der Waals surface area contributed by atoms with E-state index in [2.05, 4.69) is 18.2 Å². The summed E-state index contributed by atoms with van der Waals surface area (Å²) in [7, 11) is 3.01. The van der Waals surface area contributed by atoms with E-state index in [1.165, 1.54) is 25.9 Å². The second kappa shape index (κ2) is 12.0. The first-order valence-corrected chi connectivity index (χ1v) is 12.1. The van der Waals surface area contributed by atoms with Crippen molar-refractivity contribution in [2.45, 2.75) is 52.1 Å². The average Bonchev–Trinajstić information content (AvgIpc) is 2.84. The first-order chi connectivity index (χ1) is 17.2. The SMILES string of the molecule is COc1ccc([N+](=CCCCCCOc2ccc3c(c2)C(C)(C)OC(=O)N3)OS)c(C(C)=O)c1OC. The van der Waals surface area contributed by atoms with Gasteiger partial charge in [-0.3, -0.25) is 10.1 Å². The van der Waals surface area contributed by atoms with Gasteiger partial charge in [0, 0.05) is 22.8 Å². The van der Waals surface area contributed by atoms with Crippen molar-refractivity contribution in [3.63, 3.8) is 0 Å². The number of fused-ring (bicyclic) bond motifs is 1. The number of unbranched alkanes of at least 4 members (excludes halogenated alkanes) is 3. The Morgan fingerprint density at radius 1 is 1.14 bits per heavy atom. The molecule has 2 aromatic carbocycles. The Bertz CT molecular complexity index is 1150. The normalized spacial score (nSPS) is 14.3. The highest BCUT2D eigenvalue weighted by Gasteiger charge is 2.33. The standard InChI is InChI=1S/C26H32N2O7S/c1-17(29)23-21(12-13-22(31-4)24(23)32-5)28(35-36)14-8-6-7-9-15-33-18-10-11-20-19(16-18)26(2,3)34-25(30)27-20/h10-14,16H,6-9,15H2,1-5H3,(H-,27,30,36)/p+1. The van der Waals surface area contributed by atoms with Gasteiger partial charge in [0.15, 0.2) is 17.3 Å². The molecule has 194 valence electrons. The molecule has 0 bridgehead atoms. The van der Waals surface area contributed by atoms with Crippen molar-refractivity contribution < 1.29 is 37.6 Å². The third kappa shape index (κ3) is 6.23. The molecule has 0 saturated heterocycles. The van der Waals surface area contributed by atoms with E-state index in [4.69, 9.17) is 23.2 Å². The van der Waals surface area contributed by atoms with Gasteiger partial charge in [0.05, 0.1) is 26.5 Å². The van der Waals surface area contributed by atoms with Gasteiger partial charge in [0.2, 0.25) is 6.21 Å². The van der Waals surface area contributed by atoms with E-state index in [0.29, 0.717) is 35.8 Å². The second-order valence-electron chi connectivity index (χ2n) is 8.77. The summed E-state index contributed by atoms with van der Waals surface area (Å²) in [6.45, 7) is 5.72. The van der Waals surface area contributed by atoms with Gasteiger partial charge < -0.3 is 18.9 Å². The highest BCUT2D eigenvalue weighted by molar-refractivity contribution is 7.74. The third-order valence-corrected chi connectivity index (χ3v) is 6.01. The Hall–Kier alpha value is -3.40. The van der Waals surface area contributed by atoms with Crippen molar-refractivity contribution in [3.05, 3.63) is 41.5 Å². The maximum absolute atomic E-state index is 12.3. The van der Waals surface area contributed by atoms with Crippen LogP contribution in [0.3, 0.4) is 0 Å². The number of anilines is 1. The fraction of sp³-hybridized carbons (Fsp3) is 0.423. The molecule has 0 radical (unpaired) electrons. The molecule has 1 heterocycles. The third-order valence-electron chi connectivity index (χ3n) is 5.84. The number of benzene rings is 2. The van der Waals surface area contributed by atoms with Gasteiger partial charge in [-0.25, -0.2) is 4.79 Å². The number of methoxy groups -OCH3 is 2. The number of carbonyl (C=O) groups excluding carboxylic acids is 2. The Kier molecular flexibility index (Phi) is 9.08. The molecule has 0 saturated carbocycles. The molecule has 10 heteroatoms. The Morgan fingerprint density at radius 2 is 1.92 bits per heavy atom. The van der Waals surface area contributed by atoms with Crippen LogP contribution in [0.25, 0.3) is 0 Å². The van der Waals surface area contributed by atoms with E-state index in [9.17, 15) is 9.59 Å².